The van der Waals surface area contributed by atoms with E-state index in [1.165, 1.54) is 25.2 Å². The lowest BCUT2D eigenvalue weighted by Gasteiger charge is -2.10. The normalized spacial score (nSPS) is 10.3. The summed E-state index contributed by atoms with van der Waals surface area (Å²) in [7, 11) is 1.37. The molecule has 0 atom stereocenters. The average molecular weight is 490 g/mol. The van der Waals surface area contributed by atoms with Gasteiger partial charge in [0.2, 0.25) is 0 Å². The quantitative estimate of drug-likeness (QED) is 0.385. The van der Waals surface area contributed by atoms with E-state index < -0.39 is 29.0 Å². The van der Waals surface area contributed by atoms with E-state index in [4.69, 9.17) is 4.74 Å². The van der Waals surface area contributed by atoms with Crippen molar-refractivity contribution in [1.82, 2.24) is 9.78 Å². The van der Waals surface area contributed by atoms with E-state index in [-0.39, 0.29) is 26.0 Å². The van der Waals surface area contributed by atoms with Crippen molar-refractivity contribution >= 4 is 55.1 Å². The van der Waals surface area contributed by atoms with Gasteiger partial charge in [0.15, 0.2) is 12.3 Å². The van der Waals surface area contributed by atoms with Crippen LogP contribution in [0.4, 0.5) is 11.4 Å². The molecule has 2 aromatic rings. The second-order valence-electron chi connectivity index (χ2n) is 4.85. The number of anilines is 1. The van der Waals surface area contributed by atoms with E-state index in [1.54, 1.807) is 0 Å². The second-order valence-corrected chi connectivity index (χ2v) is 6.55. The Labute approximate surface area is 162 Å². The number of nitrogens with zero attached hydrogens (tertiary/aromatic N) is 3. The van der Waals surface area contributed by atoms with E-state index in [0.29, 0.717) is 0 Å². The van der Waals surface area contributed by atoms with Gasteiger partial charge in [0, 0.05) is 34.2 Å². The van der Waals surface area contributed by atoms with Crippen molar-refractivity contribution in [3.05, 3.63) is 59.4 Å². The number of benzene rings is 1. The molecule has 1 heterocycles. The van der Waals surface area contributed by atoms with Crippen molar-refractivity contribution in [3.8, 4) is 0 Å². The standard InChI is InChI=1S/C14H10Br2N4O6/c1-19-12(22)3-2-10(18-19)14(23)26-6-11(21)17-13-8(15)4-7(20(24)25)5-9(13)16/h2-5H,6H2,1H3,(H,17,21). The number of aryl methyl sites for hydroxylation is 1. The lowest BCUT2D eigenvalue weighted by atomic mass is 10.3. The Kier molecular flexibility index (Phi) is 6.21. The minimum absolute atomic E-state index is 0.127. The van der Waals surface area contributed by atoms with Crippen molar-refractivity contribution in [2.75, 3.05) is 11.9 Å². The molecule has 0 saturated heterocycles. The number of nitrogens with one attached hydrogen (secondary N) is 1. The molecule has 12 heteroatoms. The van der Waals surface area contributed by atoms with E-state index >= 15 is 0 Å². The van der Waals surface area contributed by atoms with Gasteiger partial charge in [-0.2, -0.15) is 5.10 Å². The molecular formula is C14H10Br2N4O6. The van der Waals surface area contributed by atoms with Crippen molar-refractivity contribution in [3.63, 3.8) is 0 Å². The number of hydrogen-bond acceptors (Lipinski definition) is 7. The third-order valence-electron chi connectivity index (χ3n) is 3.01. The van der Waals surface area contributed by atoms with Gasteiger partial charge in [-0.05, 0) is 37.9 Å². The fourth-order valence-corrected chi connectivity index (χ4v) is 3.14. The molecule has 0 aliphatic carbocycles. The van der Waals surface area contributed by atoms with Gasteiger partial charge in [0.1, 0.15) is 0 Å². The largest absolute Gasteiger partial charge is 0.451 e. The molecule has 1 aromatic heterocycles. The summed E-state index contributed by atoms with van der Waals surface area (Å²) >= 11 is 6.25. The zero-order chi connectivity index (χ0) is 19.4. The van der Waals surface area contributed by atoms with Crippen LogP contribution < -0.4 is 10.9 Å². The van der Waals surface area contributed by atoms with Crippen LogP contribution in [0.15, 0.2) is 38.0 Å². The van der Waals surface area contributed by atoms with Gasteiger partial charge in [-0.3, -0.25) is 19.7 Å². The van der Waals surface area contributed by atoms with E-state index in [0.717, 1.165) is 10.7 Å². The van der Waals surface area contributed by atoms with Gasteiger partial charge >= 0.3 is 5.97 Å². The topological polar surface area (TPSA) is 133 Å². The number of hydrogen-bond donors (Lipinski definition) is 1. The minimum Gasteiger partial charge on any atom is -0.451 e. The predicted octanol–water partition coefficient (Wildman–Crippen LogP) is 2.01. The second kappa shape index (κ2) is 8.19. The Morgan fingerprint density at radius 2 is 1.92 bits per heavy atom. The van der Waals surface area contributed by atoms with E-state index in [2.05, 4.69) is 42.3 Å². The van der Waals surface area contributed by atoms with Crippen LogP contribution in [0.5, 0.6) is 0 Å². The van der Waals surface area contributed by atoms with Crippen LogP contribution in [-0.2, 0) is 16.6 Å². The monoisotopic (exact) mass is 488 g/mol. The van der Waals surface area contributed by atoms with Crippen LogP contribution >= 0.6 is 31.9 Å². The summed E-state index contributed by atoms with van der Waals surface area (Å²) in [5.74, 6) is -1.55. The summed E-state index contributed by atoms with van der Waals surface area (Å²) in [5.41, 5.74) is -0.449. The third kappa shape index (κ3) is 4.73. The predicted molar refractivity (Wildman–Crippen MR) is 96.9 cm³/mol. The molecule has 0 radical (unpaired) electrons. The number of rotatable bonds is 5. The highest BCUT2D eigenvalue weighted by molar-refractivity contribution is 9.11. The molecule has 1 amide bonds. The maximum atomic E-state index is 12.0. The van der Waals surface area contributed by atoms with Crippen molar-refractivity contribution in [1.29, 1.82) is 0 Å². The first-order valence-electron chi connectivity index (χ1n) is 6.84. The molecule has 26 heavy (non-hydrogen) atoms. The Morgan fingerprint density at radius 3 is 2.46 bits per heavy atom. The molecule has 0 bridgehead atoms. The Hall–Kier alpha value is -2.60. The molecule has 0 aliphatic heterocycles. The summed E-state index contributed by atoms with van der Waals surface area (Å²) in [6.07, 6.45) is 0. The Bertz CT molecular complexity index is 936. The van der Waals surface area contributed by atoms with Crippen LogP contribution in [-0.4, -0.2) is 33.2 Å². The fourth-order valence-electron chi connectivity index (χ4n) is 1.78. The smallest absolute Gasteiger partial charge is 0.359 e. The number of nitro benzene ring substituents is 1. The molecule has 0 fully saturated rings. The Morgan fingerprint density at radius 1 is 1.31 bits per heavy atom. The summed E-state index contributed by atoms with van der Waals surface area (Å²) in [6.45, 7) is -0.612. The van der Waals surface area contributed by atoms with Gasteiger partial charge in [0.25, 0.3) is 17.2 Å². The van der Waals surface area contributed by atoms with Crippen LogP contribution in [0.25, 0.3) is 0 Å². The van der Waals surface area contributed by atoms with Crippen molar-refractivity contribution < 1.29 is 19.2 Å². The number of ether oxygens (including phenoxy) is 1. The lowest BCUT2D eigenvalue weighted by Crippen LogP contribution is -2.24. The molecule has 1 N–H and O–H groups in total. The summed E-state index contributed by atoms with van der Waals surface area (Å²) < 4.78 is 6.34. The van der Waals surface area contributed by atoms with Crippen LogP contribution in [0.1, 0.15) is 10.5 Å². The molecule has 0 spiro atoms. The molecule has 136 valence electrons. The van der Waals surface area contributed by atoms with Crippen LogP contribution in [0, 0.1) is 10.1 Å². The van der Waals surface area contributed by atoms with Gasteiger partial charge in [-0.1, -0.05) is 0 Å². The Balaban J connectivity index is 2.03. The van der Waals surface area contributed by atoms with Crippen LogP contribution in [0.3, 0.4) is 0 Å². The lowest BCUT2D eigenvalue weighted by molar-refractivity contribution is -0.385. The number of halogens is 2. The maximum Gasteiger partial charge on any atom is 0.359 e. The van der Waals surface area contributed by atoms with Gasteiger partial charge < -0.3 is 10.1 Å². The number of nitro groups is 1. The number of non-ortho nitro benzene ring substituents is 1. The minimum atomic E-state index is -0.877. The highest BCUT2D eigenvalue weighted by Crippen LogP contribution is 2.35. The maximum absolute atomic E-state index is 12.0. The zero-order valence-corrected chi connectivity index (χ0v) is 16.2. The fraction of sp³-hybridized carbons (Fsp3) is 0.143. The van der Waals surface area contributed by atoms with Crippen LogP contribution in [0.2, 0.25) is 0 Å². The van der Waals surface area contributed by atoms with Gasteiger partial charge in [0.05, 0.1) is 10.6 Å². The number of esters is 1. The SMILES string of the molecule is Cn1nc(C(=O)OCC(=O)Nc2c(Br)cc([N+](=O)[O-])cc2Br)ccc1=O. The first-order chi connectivity index (χ1) is 12.2. The first kappa shape index (κ1) is 19.7. The highest BCUT2D eigenvalue weighted by atomic mass is 79.9. The van der Waals surface area contributed by atoms with Gasteiger partial charge in [-0.15, -0.1) is 0 Å². The molecular weight excluding hydrogens is 480 g/mol. The highest BCUT2D eigenvalue weighted by Gasteiger charge is 2.17. The number of carbonyl (C=O) groups is 2. The van der Waals surface area contributed by atoms with E-state index in [1.807, 2.05) is 0 Å². The van der Waals surface area contributed by atoms with E-state index in [9.17, 15) is 24.5 Å². The van der Waals surface area contributed by atoms with Crippen molar-refractivity contribution in [2.45, 2.75) is 0 Å². The summed E-state index contributed by atoms with van der Waals surface area (Å²) in [6, 6.07) is 4.78. The summed E-state index contributed by atoms with van der Waals surface area (Å²) in [4.78, 5) is 45.2. The first-order valence-corrected chi connectivity index (χ1v) is 8.42. The van der Waals surface area contributed by atoms with Gasteiger partial charge in [-0.25, -0.2) is 9.48 Å². The molecule has 0 unspecified atom stereocenters. The summed E-state index contributed by atoms with van der Waals surface area (Å²) in [5, 5.41) is 17.0. The average Bonchev–Trinajstić information content (AvgIpc) is 2.58. The molecule has 2 rings (SSSR count). The number of aromatic nitrogens is 2. The molecule has 1 aromatic carbocycles. The molecule has 0 aliphatic rings. The molecule has 0 saturated carbocycles. The van der Waals surface area contributed by atoms with Crippen molar-refractivity contribution in [2.24, 2.45) is 7.05 Å². The molecule has 10 nitrogen and oxygen atoms in total. The number of carbonyl (C=O) groups excluding carboxylic acids is 2. The number of amides is 1. The zero-order valence-electron chi connectivity index (χ0n) is 13.1. The third-order valence-corrected chi connectivity index (χ3v) is 4.26.